The average molecular weight is 206 g/mol. The van der Waals surface area contributed by atoms with Crippen LogP contribution in [0.5, 0.6) is 0 Å². The van der Waals surface area contributed by atoms with Crippen molar-refractivity contribution in [3.8, 4) is 0 Å². The van der Waals surface area contributed by atoms with Gasteiger partial charge in [-0.05, 0) is 24.0 Å². The van der Waals surface area contributed by atoms with E-state index in [0.29, 0.717) is 0 Å². The molecule has 0 saturated carbocycles. The van der Waals surface area contributed by atoms with E-state index in [0.717, 1.165) is 24.8 Å². The first-order valence-electron chi connectivity index (χ1n) is 6.04. The minimum atomic E-state index is -0.276. The number of hydrogen-bond acceptors (Lipinski definition) is 1. The zero-order valence-electron chi connectivity index (χ0n) is 9.87. The zero-order chi connectivity index (χ0) is 11.1. The number of unbranched alkanes of at least 4 members (excludes halogenated alkanes) is 2. The molecule has 1 unspecified atom stereocenters. The van der Waals surface area contributed by atoms with Gasteiger partial charge in [-0.2, -0.15) is 0 Å². The molecule has 0 radical (unpaired) electrons. The molecule has 1 atom stereocenters. The SMILES string of the molecule is CCCCCC(O)c1ccc(CC)cc1. The van der Waals surface area contributed by atoms with Crippen LogP contribution < -0.4 is 0 Å². The highest BCUT2D eigenvalue weighted by Crippen LogP contribution is 2.20. The molecule has 1 rings (SSSR count). The number of aliphatic hydroxyl groups is 1. The Morgan fingerprint density at radius 3 is 2.27 bits per heavy atom. The van der Waals surface area contributed by atoms with Gasteiger partial charge >= 0.3 is 0 Å². The van der Waals surface area contributed by atoms with Gasteiger partial charge < -0.3 is 5.11 Å². The third-order valence-electron chi connectivity index (χ3n) is 2.85. The lowest BCUT2D eigenvalue weighted by molar-refractivity contribution is 0.163. The quantitative estimate of drug-likeness (QED) is 0.701. The van der Waals surface area contributed by atoms with Crippen molar-refractivity contribution in [3.63, 3.8) is 0 Å². The summed E-state index contributed by atoms with van der Waals surface area (Å²) in [5.41, 5.74) is 2.39. The molecule has 0 aliphatic heterocycles. The summed E-state index contributed by atoms with van der Waals surface area (Å²) in [6.07, 6.45) is 5.21. The lowest BCUT2D eigenvalue weighted by Gasteiger charge is -2.10. The van der Waals surface area contributed by atoms with Crippen molar-refractivity contribution in [2.45, 2.75) is 52.1 Å². The largest absolute Gasteiger partial charge is 0.388 e. The standard InChI is InChI=1S/C14H22O/c1-3-5-6-7-14(15)13-10-8-12(4-2)9-11-13/h8-11,14-15H,3-7H2,1-2H3. The van der Waals surface area contributed by atoms with Crippen LogP contribution in [-0.2, 0) is 6.42 Å². The van der Waals surface area contributed by atoms with Crippen LogP contribution in [0.4, 0.5) is 0 Å². The number of rotatable bonds is 6. The third kappa shape index (κ3) is 4.05. The predicted octanol–water partition coefficient (Wildman–Crippen LogP) is 3.86. The zero-order valence-corrected chi connectivity index (χ0v) is 9.87. The summed E-state index contributed by atoms with van der Waals surface area (Å²) in [5.74, 6) is 0. The first-order chi connectivity index (χ1) is 7.27. The second-order valence-electron chi connectivity index (χ2n) is 4.11. The molecule has 1 aromatic rings. The van der Waals surface area contributed by atoms with Crippen LogP contribution in [-0.4, -0.2) is 5.11 Å². The van der Waals surface area contributed by atoms with Crippen LogP contribution in [0.2, 0.25) is 0 Å². The minimum Gasteiger partial charge on any atom is -0.388 e. The smallest absolute Gasteiger partial charge is 0.0790 e. The fraction of sp³-hybridized carbons (Fsp3) is 0.571. The van der Waals surface area contributed by atoms with Crippen molar-refractivity contribution in [2.24, 2.45) is 0 Å². The Labute approximate surface area is 93.1 Å². The second kappa shape index (κ2) is 6.62. The van der Waals surface area contributed by atoms with E-state index in [-0.39, 0.29) is 6.10 Å². The van der Waals surface area contributed by atoms with Crippen LogP contribution in [0.1, 0.15) is 56.8 Å². The molecule has 1 heteroatoms. The van der Waals surface area contributed by atoms with Crippen molar-refractivity contribution in [3.05, 3.63) is 35.4 Å². The molecule has 0 aliphatic rings. The van der Waals surface area contributed by atoms with E-state index in [2.05, 4.69) is 38.1 Å². The van der Waals surface area contributed by atoms with E-state index in [1.54, 1.807) is 0 Å². The van der Waals surface area contributed by atoms with Crippen molar-refractivity contribution >= 4 is 0 Å². The highest BCUT2D eigenvalue weighted by Gasteiger charge is 2.06. The van der Waals surface area contributed by atoms with Gasteiger partial charge in [0.2, 0.25) is 0 Å². The Hall–Kier alpha value is -0.820. The normalized spacial score (nSPS) is 12.7. The maximum Gasteiger partial charge on any atom is 0.0790 e. The first kappa shape index (κ1) is 12.3. The minimum absolute atomic E-state index is 0.276. The summed E-state index contributed by atoms with van der Waals surface area (Å²) in [5, 5.41) is 9.91. The van der Waals surface area contributed by atoms with Crippen molar-refractivity contribution in [2.75, 3.05) is 0 Å². The summed E-state index contributed by atoms with van der Waals surface area (Å²) in [7, 11) is 0. The predicted molar refractivity (Wildman–Crippen MR) is 64.9 cm³/mol. The molecule has 15 heavy (non-hydrogen) atoms. The Balaban J connectivity index is 2.46. The van der Waals surface area contributed by atoms with E-state index < -0.39 is 0 Å². The molecular weight excluding hydrogens is 184 g/mol. The lowest BCUT2D eigenvalue weighted by atomic mass is 10.0. The van der Waals surface area contributed by atoms with Crippen molar-refractivity contribution in [1.29, 1.82) is 0 Å². The van der Waals surface area contributed by atoms with Crippen LogP contribution >= 0.6 is 0 Å². The lowest BCUT2D eigenvalue weighted by Crippen LogP contribution is -1.97. The van der Waals surface area contributed by atoms with Gasteiger partial charge in [-0.15, -0.1) is 0 Å². The maximum atomic E-state index is 9.91. The van der Waals surface area contributed by atoms with E-state index in [9.17, 15) is 5.11 Å². The highest BCUT2D eigenvalue weighted by molar-refractivity contribution is 5.23. The highest BCUT2D eigenvalue weighted by atomic mass is 16.3. The fourth-order valence-corrected chi connectivity index (χ4v) is 1.73. The molecule has 0 heterocycles. The molecule has 0 aromatic heterocycles. The molecule has 1 nitrogen and oxygen atoms in total. The molecule has 0 amide bonds. The van der Waals surface area contributed by atoms with Gasteiger partial charge in [0.1, 0.15) is 0 Å². The molecule has 1 aromatic carbocycles. The van der Waals surface area contributed by atoms with Gasteiger partial charge in [-0.1, -0.05) is 57.4 Å². The summed E-state index contributed by atoms with van der Waals surface area (Å²) in [4.78, 5) is 0. The molecule has 0 aliphatic carbocycles. The summed E-state index contributed by atoms with van der Waals surface area (Å²) in [6, 6.07) is 8.32. The van der Waals surface area contributed by atoms with Gasteiger partial charge in [0.25, 0.3) is 0 Å². The van der Waals surface area contributed by atoms with Crippen molar-refractivity contribution < 1.29 is 5.11 Å². The Morgan fingerprint density at radius 2 is 1.73 bits per heavy atom. The van der Waals surface area contributed by atoms with Gasteiger partial charge in [-0.3, -0.25) is 0 Å². The number of aliphatic hydroxyl groups excluding tert-OH is 1. The molecule has 84 valence electrons. The molecule has 0 saturated heterocycles. The molecule has 0 fully saturated rings. The van der Waals surface area contributed by atoms with E-state index in [4.69, 9.17) is 0 Å². The van der Waals surface area contributed by atoms with Gasteiger partial charge in [-0.25, -0.2) is 0 Å². The molecule has 0 spiro atoms. The van der Waals surface area contributed by atoms with Gasteiger partial charge in [0, 0.05) is 0 Å². The van der Waals surface area contributed by atoms with E-state index in [1.807, 2.05) is 0 Å². The summed E-state index contributed by atoms with van der Waals surface area (Å²) >= 11 is 0. The number of benzene rings is 1. The average Bonchev–Trinajstić information content (AvgIpc) is 2.29. The van der Waals surface area contributed by atoms with Crippen LogP contribution in [0, 0.1) is 0 Å². The van der Waals surface area contributed by atoms with E-state index in [1.165, 1.54) is 18.4 Å². The number of aryl methyl sites for hydroxylation is 1. The Bertz CT molecular complexity index is 263. The monoisotopic (exact) mass is 206 g/mol. The summed E-state index contributed by atoms with van der Waals surface area (Å²) in [6.45, 7) is 4.33. The van der Waals surface area contributed by atoms with Crippen molar-refractivity contribution in [1.82, 2.24) is 0 Å². The molecule has 0 bridgehead atoms. The fourth-order valence-electron chi connectivity index (χ4n) is 1.73. The Morgan fingerprint density at radius 1 is 1.07 bits per heavy atom. The summed E-state index contributed by atoms with van der Waals surface area (Å²) < 4.78 is 0. The van der Waals surface area contributed by atoms with Crippen LogP contribution in [0.15, 0.2) is 24.3 Å². The maximum absolute atomic E-state index is 9.91. The molecular formula is C14H22O. The third-order valence-corrected chi connectivity index (χ3v) is 2.85. The van der Waals surface area contributed by atoms with Gasteiger partial charge in [0.05, 0.1) is 6.10 Å². The topological polar surface area (TPSA) is 20.2 Å². The second-order valence-corrected chi connectivity index (χ2v) is 4.11. The molecule has 1 N–H and O–H groups in total. The Kier molecular flexibility index (Phi) is 5.41. The van der Waals surface area contributed by atoms with Gasteiger partial charge in [0.15, 0.2) is 0 Å². The number of hydrogen-bond donors (Lipinski definition) is 1. The first-order valence-corrected chi connectivity index (χ1v) is 6.04. The van der Waals surface area contributed by atoms with Crippen LogP contribution in [0.25, 0.3) is 0 Å². The van der Waals surface area contributed by atoms with Crippen LogP contribution in [0.3, 0.4) is 0 Å². The van der Waals surface area contributed by atoms with E-state index >= 15 is 0 Å².